The molecule has 0 unspecified atom stereocenters. The predicted molar refractivity (Wildman–Crippen MR) is 82.1 cm³/mol. The highest BCUT2D eigenvalue weighted by molar-refractivity contribution is 5.80. The van der Waals surface area contributed by atoms with Gasteiger partial charge in [0.15, 0.2) is 6.10 Å². The first-order valence-corrected chi connectivity index (χ1v) is 6.98. The van der Waals surface area contributed by atoms with E-state index in [0.717, 1.165) is 22.6 Å². The van der Waals surface area contributed by atoms with Gasteiger partial charge < -0.3 is 10.1 Å². The molecule has 0 saturated carbocycles. The molecule has 1 N–H and O–H groups in total. The number of nitrogens with zero attached hydrogens (tertiary/aromatic N) is 1. The highest BCUT2D eigenvalue weighted by Crippen LogP contribution is 2.21. The Balaban J connectivity index is 1.92. The summed E-state index contributed by atoms with van der Waals surface area (Å²) in [5.74, 6) is 0.594. The van der Waals surface area contributed by atoms with E-state index in [-0.39, 0.29) is 5.91 Å². The Morgan fingerprint density at radius 3 is 2.76 bits per heavy atom. The molecule has 0 spiro atoms. The van der Waals surface area contributed by atoms with Crippen molar-refractivity contribution >= 4 is 5.91 Å². The zero-order valence-corrected chi connectivity index (χ0v) is 12.6. The lowest BCUT2D eigenvalue weighted by Crippen LogP contribution is -2.36. The molecule has 110 valence electrons. The predicted octanol–water partition coefficient (Wildman–Crippen LogP) is 2.78. The minimum atomic E-state index is -0.547. The van der Waals surface area contributed by atoms with Gasteiger partial charge >= 0.3 is 0 Å². The van der Waals surface area contributed by atoms with Crippen molar-refractivity contribution in [2.45, 2.75) is 33.4 Å². The van der Waals surface area contributed by atoms with Crippen LogP contribution < -0.4 is 10.1 Å². The highest BCUT2D eigenvalue weighted by Gasteiger charge is 2.15. The van der Waals surface area contributed by atoms with Gasteiger partial charge in [-0.05, 0) is 50.1 Å². The van der Waals surface area contributed by atoms with Crippen LogP contribution in [0.3, 0.4) is 0 Å². The van der Waals surface area contributed by atoms with E-state index in [1.165, 1.54) is 0 Å². The topological polar surface area (TPSA) is 51.2 Å². The van der Waals surface area contributed by atoms with Gasteiger partial charge in [-0.2, -0.15) is 0 Å². The lowest BCUT2D eigenvalue weighted by Gasteiger charge is -2.17. The number of amides is 1. The number of ether oxygens (including phenoxy) is 1. The lowest BCUT2D eigenvalue weighted by molar-refractivity contribution is -0.127. The zero-order valence-electron chi connectivity index (χ0n) is 12.6. The van der Waals surface area contributed by atoms with Crippen LogP contribution in [0.1, 0.15) is 23.7 Å². The maximum Gasteiger partial charge on any atom is 0.261 e. The van der Waals surface area contributed by atoms with Crippen LogP contribution in [0.2, 0.25) is 0 Å². The molecule has 1 amide bonds. The molecule has 0 fully saturated rings. The quantitative estimate of drug-likeness (QED) is 0.918. The van der Waals surface area contributed by atoms with Gasteiger partial charge in [-0.15, -0.1) is 0 Å². The maximum atomic E-state index is 12.1. The summed E-state index contributed by atoms with van der Waals surface area (Å²) in [6.45, 7) is 6.16. The van der Waals surface area contributed by atoms with Gasteiger partial charge in [-0.25, -0.2) is 0 Å². The van der Waals surface area contributed by atoms with E-state index in [1.807, 2.05) is 50.2 Å². The average Bonchev–Trinajstić information content (AvgIpc) is 2.50. The lowest BCUT2D eigenvalue weighted by atomic mass is 10.1. The summed E-state index contributed by atoms with van der Waals surface area (Å²) < 4.78 is 5.74. The SMILES string of the molecule is Cc1cccc(O[C@@H](C)C(=O)NCc2ccccn2)c1C. The Hall–Kier alpha value is -2.36. The molecular formula is C17H20N2O2. The Labute approximate surface area is 125 Å². The fourth-order valence-electron chi connectivity index (χ4n) is 1.92. The summed E-state index contributed by atoms with van der Waals surface area (Å²) in [6, 6.07) is 11.4. The highest BCUT2D eigenvalue weighted by atomic mass is 16.5. The van der Waals surface area contributed by atoms with Crippen LogP contribution in [0.4, 0.5) is 0 Å². The van der Waals surface area contributed by atoms with E-state index in [9.17, 15) is 4.79 Å². The van der Waals surface area contributed by atoms with Crippen molar-refractivity contribution in [3.05, 3.63) is 59.4 Å². The van der Waals surface area contributed by atoms with Gasteiger partial charge in [-0.1, -0.05) is 18.2 Å². The van der Waals surface area contributed by atoms with Crippen molar-refractivity contribution in [2.75, 3.05) is 0 Å². The number of aryl methyl sites for hydroxylation is 1. The second kappa shape index (κ2) is 6.88. The third kappa shape index (κ3) is 4.05. The number of carbonyl (C=O) groups is 1. The standard InChI is InChI=1S/C17H20N2O2/c1-12-7-6-9-16(13(12)2)21-14(3)17(20)19-11-15-8-4-5-10-18-15/h4-10,14H,11H2,1-3H3,(H,19,20)/t14-/m0/s1. The third-order valence-electron chi connectivity index (χ3n) is 3.40. The number of carbonyl (C=O) groups excluding carboxylic acids is 1. The van der Waals surface area contributed by atoms with Crippen LogP contribution in [0.25, 0.3) is 0 Å². The number of hydrogen-bond donors (Lipinski definition) is 1. The minimum absolute atomic E-state index is 0.151. The van der Waals surface area contributed by atoms with E-state index in [1.54, 1.807) is 13.1 Å². The summed E-state index contributed by atoms with van der Waals surface area (Å²) >= 11 is 0. The molecule has 4 heteroatoms. The molecule has 0 aliphatic rings. The fourth-order valence-corrected chi connectivity index (χ4v) is 1.92. The molecule has 1 aromatic heterocycles. The number of rotatable bonds is 5. The molecular weight excluding hydrogens is 264 g/mol. The van der Waals surface area contributed by atoms with Gasteiger partial charge in [0.1, 0.15) is 5.75 Å². The normalized spacial score (nSPS) is 11.8. The molecule has 1 heterocycles. The van der Waals surface area contributed by atoms with E-state index in [2.05, 4.69) is 10.3 Å². The van der Waals surface area contributed by atoms with Crippen molar-refractivity contribution < 1.29 is 9.53 Å². The number of nitrogens with one attached hydrogen (secondary N) is 1. The average molecular weight is 284 g/mol. The number of pyridine rings is 1. The molecule has 2 rings (SSSR count). The van der Waals surface area contributed by atoms with E-state index >= 15 is 0 Å². The van der Waals surface area contributed by atoms with Crippen molar-refractivity contribution in [1.29, 1.82) is 0 Å². The van der Waals surface area contributed by atoms with Gasteiger partial charge in [0.2, 0.25) is 0 Å². The zero-order chi connectivity index (χ0) is 15.2. The summed E-state index contributed by atoms with van der Waals surface area (Å²) in [5, 5.41) is 2.83. The molecule has 1 atom stereocenters. The molecule has 0 radical (unpaired) electrons. The second-order valence-corrected chi connectivity index (χ2v) is 5.00. The van der Waals surface area contributed by atoms with Crippen LogP contribution in [0.15, 0.2) is 42.6 Å². The maximum absolute atomic E-state index is 12.1. The fraction of sp³-hybridized carbons (Fsp3) is 0.294. The number of benzene rings is 1. The molecule has 0 aliphatic carbocycles. The number of aromatic nitrogens is 1. The summed E-state index contributed by atoms with van der Waals surface area (Å²) in [4.78, 5) is 16.2. The van der Waals surface area contributed by atoms with Gasteiger partial charge in [0.25, 0.3) is 5.91 Å². The van der Waals surface area contributed by atoms with E-state index in [0.29, 0.717) is 6.54 Å². The van der Waals surface area contributed by atoms with Crippen molar-refractivity contribution in [1.82, 2.24) is 10.3 Å². The Kier molecular flexibility index (Phi) is 4.93. The molecule has 0 saturated heterocycles. The van der Waals surface area contributed by atoms with Crippen LogP contribution in [-0.4, -0.2) is 17.0 Å². The molecule has 21 heavy (non-hydrogen) atoms. The Morgan fingerprint density at radius 2 is 2.05 bits per heavy atom. The molecule has 4 nitrogen and oxygen atoms in total. The Bertz CT molecular complexity index is 611. The number of hydrogen-bond acceptors (Lipinski definition) is 3. The molecule has 2 aromatic rings. The van der Waals surface area contributed by atoms with Gasteiger partial charge in [0, 0.05) is 6.20 Å². The van der Waals surface area contributed by atoms with E-state index in [4.69, 9.17) is 4.74 Å². The largest absolute Gasteiger partial charge is 0.481 e. The summed E-state index contributed by atoms with van der Waals surface area (Å²) in [6.07, 6.45) is 1.16. The first-order chi connectivity index (χ1) is 10.1. The molecule has 0 aliphatic heterocycles. The van der Waals surface area contributed by atoms with Crippen LogP contribution >= 0.6 is 0 Å². The van der Waals surface area contributed by atoms with Crippen LogP contribution in [0, 0.1) is 13.8 Å². The van der Waals surface area contributed by atoms with Gasteiger partial charge in [-0.3, -0.25) is 9.78 Å². The van der Waals surface area contributed by atoms with Crippen LogP contribution in [0.5, 0.6) is 5.75 Å². The van der Waals surface area contributed by atoms with Crippen LogP contribution in [-0.2, 0) is 11.3 Å². The second-order valence-electron chi connectivity index (χ2n) is 5.00. The summed E-state index contributed by atoms with van der Waals surface area (Å²) in [7, 11) is 0. The monoisotopic (exact) mass is 284 g/mol. The van der Waals surface area contributed by atoms with Gasteiger partial charge in [0.05, 0.1) is 12.2 Å². The van der Waals surface area contributed by atoms with Crippen molar-refractivity contribution in [3.8, 4) is 5.75 Å². The molecule has 1 aromatic carbocycles. The first-order valence-electron chi connectivity index (χ1n) is 6.98. The van der Waals surface area contributed by atoms with E-state index < -0.39 is 6.10 Å². The summed E-state index contributed by atoms with van der Waals surface area (Å²) in [5.41, 5.74) is 3.03. The third-order valence-corrected chi connectivity index (χ3v) is 3.40. The smallest absolute Gasteiger partial charge is 0.261 e. The Morgan fingerprint density at radius 1 is 1.24 bits per heavy atom. The van der Waals surface area contributed by atoms with Crippen molar-refractivity contribution in [3.63, 3.8) is 0 Å². The molecule has 0 bridgehead atoms. The minimum Gasteiger partial charge on any atom is -0.481 e. The van der Waals surface area contributed by atoms with Crippen molar-refractivity contribution in [2.24, 2.45) is 0 Å². The first kappa shape index (κ1) is 15.0.